The van der Waals surface area contributed by atoms with Crippen LogP contribution in [-0.2, 0) is 5.75 Å². The maximum absolute atomic E-state index is 6.24. The van der Waals surface area contributed by atoms with E-state index in [9.17, 15) is 0 Å². The van der Waals surface area contributed by atoms with Gasteiger partial charge in [0.05, 0.1) is 5.75 Å². The molecule has 1 aromatic carbocycles. The van der Waals surface area contributed by atoms with Gasteiger partial charge in [0.25, 0.3) is 0 Å². The summed E-state index contributed by atoms with van der Waals surface area (Å²) >= 11 is 7.89. The van der Waals surface area contributed by atoms with E-state index in [4.69, 9.17) is 16.1 Å². The maximum atomic E-state index is 6.24. The lowest BCUT2D eigenvalue weighted by molar-refractivity contribution is 0.378. The molecular formula is C11H11ClN2OS. The number of aromatic nitrogens is 2. The highest BCUT2D eigenvalue weighted by atomic mass is 35.5. The third kappa shape index (κ3) is 2.57. The molecule has 1 atom stereocenters. The predicted molar refractivity (Wildman–Crippen MR) is 65.7 cm³/mol. The van der Waals surface area contributed by atoms with Gasteiger partial charge in [-0.2, -0.15) is 16.7 Å². The van der Waals surface area contributed by atoms with Crippen molar-refractivity contribution >= 4 is 23.4 Å². The zero-order valence-electron chi connectivity index (χ0n) is 8.76. The van der Waals surface area contributed by atoms with Gasteiger partial charge in [0.1, 0.15) is 5.38 Å². The van der Waals surface area contributed by atoms with Crippen LogP contribution in [0.5, 0.6) is 0 Å². The van der Waals surface area contributed by atoms with Gasteiger partial charge in [0.2, 0.25) is 5.89 Å². The predicted octanol–water partition coefficient (Wildman–Crippen LogP) is 3.26. The summed E-state index contributed by atoms with van der Waals surface area (Å²) in [5.41, 5.74) is 0.962. The molecule has 0 aliphatic carbocycles. The van der Waals surface area contributed by atoms with Crippen molar-refractivity contribution in [1.82, 2.24) is 10.1 Å². The van der Waals surface area contributed by atoms with E-state index in [1.165, 1.54) is 0 Å². The van der Waals surface area contributed by atoms with Crippen LogP contribution in [0.3, 0.4) is 0 Å². The molecule has 1 unspecified atom stereocenters. The van der Waals surface area contributed by atoms with Crippen LogP contribution in [0.2, 0.25) is 0 Å². The lowest BCUT2D eigenvalue weighted by Crippen LogP contribution is -1.93. The Morgan fingerprint density at radius 1 is 1.38 bits per heavy atom. The molecule has 0 fully saturated rings. The molecule has 0 spiro atoms. The maximum Gasteiger partial charge on any atom is 0.249 e. The van der Waals surface area contributed by atoms with Crippen LogP contribution in [0.4, 0.5) is 0 Å². The normalized spacial score (nSPS) is 12.6. The molecular weight excluding hydrogens is 244 g/mol. The summed E-state index contributed by atoms with van der Waals surface area (Å²) in [6.07, 6.45) is 1.99. The van der Waals surface area contributed by atoms with Gasteiger partial charge in [0, 0.05) is 0 Å². The Kier molecular flexibility index (Phi) is 3.85. The fourth-order valence-corrected chi connectivity index (χ4v) is 1.93. The van der Waals surface area contributed by atoms with Gasteiger partial charge >= 0.3 is 0 Å². The molecule has 0 saturated heterocycles. The standard InChI is InChI=1S/C11H11ClN2OS/c1-16-7-9-13-11(15-14-9)10(12)8-5-3-2-4-6-8/h2-6,10H,7H2,1H3. The average molecular weight is 255 g/mol. The molecule has 0 bridgehead atoms. The van der Waals surface area contributed by atoms with Crippen molar-refractivity contribution in [3.63, 3.8) is 0 Å². The number of halogens is 1. The average Bonchev–Trinajstić information content (AvgIpc) is 2.78. The zero-order chi connectivity index (χ0) is 11.4. The Morgan fingerprint density at radius 2 is 2.12 bits per heavy atom. The Balaban J connectivity index is 2.17. The van der Waals surface area contributed by atoms with E-state index in [2.05, 4.69) is 10.1 Å². The van der Waals surface area contributed by atoms with Gasteiger partial charge in [-0.1, -0.05) is 35.5 Å². The second-order valence-electron chi connectivity index (χ2n) is 3.26. The molecule has 0 aliphatic heterocycles. The summed E-state index contributed by atoms with van der Waals surface area (Å²) in [5, 5.41) is 3.49. The number of rotatable bonds is 4. The first-order valence-corrected chi connectivity index (χ1v) is 6.64. The van der Waals surface area contributed by atoms with E-state index in [1.54, 1.807) is 11.8 Å². The number of hydrogen-bond acceptors (Lipinski definition) is 4. The summed E-state index contributed by atoms with van der Waals surface area (Å²) in [6, 6.07) is 9.69. The van der Waals surface area contributed by atoms with Crippen LogP contribution in [0, 0.1) is 0 Å². The molecule has 0 aliphatic rings. The SMILES string of the molecule is CSCc1noc(C(Cl)c2ccccc2)n1. The molecule has 3 nitrogen and oxygen atoms in total. The van der Waals surface area contributed by atoms with Crippen molar-refractivity contribution in [2.45, 2.75) is 11.1 Å². The molecule has 0 N–H and O–H groups in total. The van der Waals surface area contributed by atoms with E-state index >= 15 is 0 Å². The third-order valence-electron chi connectivity index (χ3n) is 2.07. The van der Waals surface area contributed by atoms with Crippen molar-refractivity contribution in [1.29, 1.82) is 0 Å². The molecule has 0 saturated carbocycles. The molecule has 5 heteroatoms. The smallest absolute Gasteiger partial charge is 0.249 e. The minimum atomic E-state index is -0.371. The fourth-order valence-electron chi connectivity index (χ4n) is 1.32. The topological polar surface area (TPSA) is 38.9 Å². The number of alkyl halides is 1. The fraction of sp³-hybridized carbons (Fsp3) is 0.273. The third-order valence-corrected chi connectivity index (χ3v) is 3.05. The van der Waals surface area contributed by atoms with Gasteiger partial charge in [-0.15, -0.1) is 11.6 Å². The van der Waals surface area contributed by atoms with E-state index in [0.717, 1.165) is 11.3 Å². The van der Waals surface area contributed by atoms with Crippen LogP contribution < -0.4 is 0 Å². The Labute approximate surface area is 103 Å². The van der Waals surface area contributed by atoms with Gasteiger partial charge in [0.15, 0.2) is 5.82 Å². The molecule has 2 aromatic rings. The van der Waals surface area contributed by atoms with Gasteiger partial charge < -0.3 is 4.52 Å². The molecule has 0 amide bonds. The lowest BCUT2D eigenvalue weighted by Gasteiger charge is -2.03. The van der Waals surface area contributed by atoms with Crippen LogP contribution >= 0.6 is 23.4 Å². The number of thioether (sulfide) groups is 1. The molecule has 84 valence electrons. The Bertz CT molecular complexity index is 446. The monoisotopic (exact) mass is 254 g/mol. The molecule has 2 rings (SSSR count). The quantitative estimate of drug-likeness (QED) is 0.785. The van der Waals surface area contributed by atoms with Crippen molar-refractivity contribution < 1.29 is 4.52 Å². The molecule has 1 heterocycles. The van der Waals surface area contributed by atoms with Crippen LogP contribution in [0.1, 0.15) is 22.7 Å². The van der Waals surface area contributed by atoms with Gasteiger partial charge in [-0.25, -0.2) is 0 Å². The van der Waals surface area contributed by atoms with Gasteiger partial charge in [-0.3, -0.25) is 0 Å². The number of benzene rings is 1. The largest absolute Gasteiger partial charge is 0.337 e. The van der Waals surface area contributed by atoms with E-state index in [-0.39, 0.29) is 5.38 Å². The van der Waals surface area contributed by atoms with Crippen LogP contribution in [0.15, 0.2) is 34.9 Å². The summed E-state index contributed by atoms with van der Waals surface area (Å²) in [5.74, 6) is 1.88. The zero-order valence-corrected chi connectivity index (χ0v) is 10.3. The number of hydrogen-bond donors (Lipinski definition) is 0. The van der Waals surface area contributed by atoms with E-state index in [0.29, 0.717) is 11.7 Å². The van der Waals surface area contributed by atoms with Gasteiger partial charge in [-0.05, 0) is 11.8 Å². The van der Waals surface area contributed by atoms with Crippen molar-refractivity contribution in [3.8, 4) is 0 Å². The second kappa shape index (κ2) is 5.37. The van der Waals surface area contributed by atoms with Crippen LogP contribution in [-0.4, -0.2) is 16.4 Å². The van der Waals surface area contributed by atoms with E-state index < -0.39 is 0 Å². The Hall–Kier alpha value is -1.00. The highest BCUT2D eigenvalue weighted by Crippen LogP contribution is 2.27. The summed E-state index contributed by atoms with van der Waals surface area (Å²) in [7, 11) is 0. The highest BCUT2D eigenvalue weighted by molar-refractivity contribution is 7.97. The van der Waals surface area contributed by atoms with Crippen LogP contribution in [0.25, 0.3) is 0 Å². The van der Waals surface area contributed by atoms with Crippen molar-refractivity contribution in [2.24, 2.45) is 0 Å². The minimum Gasteiger partial charge on any atom is -0.337 e. The van der Waals surface area contributed by atoms with Crippen molar-refractivity contribution in [3.05, 3.63) is 47.6 Å². The number of nitrogens with zero attached hydrogens (tertiary/aromatic N) is 2. The first-order chi connectivity index (χ1) is 7.81. The molecule has 16 heavy (non-hydrogen) atoms. The molecule has 0 radical (unpaired) electrons. The first-order valence-electron chi connectivity index (χ1n) is 4.81. The Morgan fingerprint density at radius 3 is 2.81 bits per heavy atom. The summed E-state index contributed by atoms with van der Waals surface area (Å²) in [6.45, 7) is 0. The van der Waals surface area contributed by atoms with E-state index in [1.807, 2.05) is 36.6 Å². The lowest BCUT2D eigenvalue weighted by atomic mass is 10.1. The highest BCUT2D eigenvalue weighted by Gasteiger charge is 2.17. The second-order valence-corrected chi connectivity index (χ2v) is 4.56. The summed E-state index contributed by atoms with van der Waals surface area (Å²) in [4.78, 5) is 4.25. The summed E-state index contributed by atoms with van der Waals surface area (Å²) < 4.78 is 5.13. The minimum absolute atomic E-state index is 0.371. The molecule has 1 aromatic heterocycles. The van der Waals surface area contributed by atoms with Crippen molar-refractivity contribution in [2.75, 3.05) is 6.26 Å². The first kappa shape index (κ1) is 11.5.